The molecule has 0 radical (unpaired) electrons. The fourth-order valence-electron chi connectivity index (χ4n) is 2.94. The molecule has 1 amide bonds. The molecule has 0 aliphatic heterocycles. The van der Waals surface area contributed by atoms with Gasteiger partial charge in [-0.3, -0.25) is 4.79 Å². The molecule has 0 saturated heterocycles. The number of carbonyl (C=O) groups excluding carboxylic acids is 1. The number of nitrogens with one attached hydrogen (secondary N) is 1. The largest absolute Gasteiger partial charge is 0.497 e. The average Bonchev–Trinajstić information content (AvgIpc) is 3.13. The lowest BCUT2D eigenvalue weighted by molar-refractivity contribution is -0.119. The number of benzene rings is 2. The van der Waals surface area contributed by atoms with Gasteiger partial charge < -0.3 is 15.2 Å². The van der Waals surface area contributed by atoms with Gasteiger partial charge in [0.2, 0.25) is 5.91 Å². The Morgan fingerprint density at radius 1 is 1.21 bits per heavy atom. The number of ether oxygens (including phenoxy) is 1. The van der Waals surface area contributed by atoms with Gasteiger partial charge in [0.05, 0.1) is 12.7 Å². The van der Waals surface area contributed by atoms with Gasteiger partial charge in [-0.05, 0) is 59.7 Å². The summed E-state index contributed by atoms with van der Waals surface area (Å²) in [6, 6.07) is 11.2. The summed E-state index contributed by atoms with van der Waals surface area (Å²) in [7, 11) is 1.58. The molecule has 0 aliphatic rings. The zero-order valence-electron chi connectivity index (χ0n) is 16.3. The smallest absolute Gasteiger partial charge is 0.335 e. The summed E-state index contributed by atoms with van der Waals surface area (Å²) >= 11 is 0. The average molecular weight is 395 g/mol. The molecule has 0 saturated carbocycles. The number of aromatic nitrogens is 4. The van der Waals surface area contributed by atoms with E-state index in [0.717, 1.165) is 11.1 Å². The first-order valence-corrected chi connectivity index (χ1v) is 8.91. The van der Waals surface area contributed by atoms with Crippen LogP contribution in [-0.4, -0.2) is 44.3 Å². The van der Waals surface area contributed by atoms with Gasteiger partial charge in [-0.2, -0.15) is 0 Å². The molecule has 3 rings (SSSR count). The van der Waals surface area contributed by atoms with E-state index in [1.807, 2.05) is 24.3 Å². The van der Waals surface area contributed by atoms with E-state index in [0.29, 0.717) is 23.7 Å². The minimum absolute atomic E-state index is 0.0915. The number of amides is 1. The van der Waals surface area contributed by atoms with Crippen molar-refractivity contribution in [3.05, 3.63) is 65.0 Å². The monoisotopic (exact) mass is 395 g/mol. The predicted octanol–water partition coefficient (Wildman–Crippen LogP) is 2.42. The summed E-state index contributed by atoms with van der Waals surface area (Å²) in [6.45, 7) is 3.50. The van der Waals surface area contributed by atoms with E-state index < -0.39 is 12.0 Å². The van der Waals surface area contributed by atoms with Crippen molar-refractivity contribution in [1.29, 1.82) is 0 Å². The van der Waals surface area contributed by atoms with Gasteiger partial charge in [-0.25, -0.2) is 9.48 Å². The number of aromatic carboxylic acids is 1. The van der Waals surface area contributed by atoms with E-state index in [1.165, 1.54) is 16.8 Å². The number of anilines is 1. The van der Waals surface area contributed by atoms with Gasteiger partial charge in [0.25, 0.3) is 0 Å². The Morgan fingerprint density at radius 3 is 2.66 bits per heavy atom. The number of rotatable bonds is 7. The van der Waals surface area contributed by atoms with Crippen LogP contribution in [-0.2, 0) is 11.2 Å². The number of carboxylic acid groups (broad SMARTS) is 1. The highest BCUT2D eigenvalue weighted by molar-refractivity contribution is 5.96. The van der Waals surface area contributed by atoms with Crippen LogP contribution in [0.25, 0.3) is 0 Å². The second-order valence-electron chi connectivity index (χ2n) is 6.57. The predicted molar refractivity (Wildman–Crippen MR) is 105 cm³/mol. The minimum Gasteiger partial charge on any atom is -0.497 e. The maximum atomic E-state index is 13.1. The minimum atomic E-state index is -1.07. The van der Waals surface area contributed by atoms with Gasteiger partial charge in [-0.15, -0.1) is 5.10 Å². The Balaban J connectivity index is 1.92. The molecular formula is C20H21N5O4. The van der Waals surface area contributed by atoms with Crippen LogP contribution in [0.3, 0.4) is 0 Å². The van der Waals surface area contributed by atoms with Crippen molar-refractivity contribution in [2.24, 2.45) is 0 Å². The third kappa shape index (κ3) is 4.57. The number of carbonyl (C=O) groups is 2. The summed E-state index contributed by atoms with van der Waals surface area (Å²) in [5.74, 6) is -0.247. The molecule has 0 aliphatic carbocycles. The summed E-state index contributed by atoms with van der Waals surface area (Å²) in [4.78, 5) is 24.4. The molecule has 29 heavy (non-hydrogen) atoms. The van der Waals surface area contributed by atoms with Crippen LogP contribution >= 0.6 is 0 Å². The molecule has 0 bridgehead atoms. The van der Waals surface area contributed by atoms with Crippen LogP contribution in [0.1, 0.15) is 33.4 Å². The zero-order valence-corrected chi connectivity index (χ0v) is 16.3. The fourth-order valence-corrected chi connectivity index (χ4v) is 2.94. The summed E-state index contributed by atoms with van der Waals surface area (Å²) < 4.78 is 6.70. The van der Waals surface area contributed by atoms with Gasteiger partial charge in [0.15, 0.2) is 0 Å². The van der Waals surface area contributed by atoms with Crippen LogP contribution < -0.4 is 10.1 Å². The molecule has 0 fully saturated rings. The first-order chi connectivity index (χ1) is 13.9. The van der Waals surface area contributed by atoms with E-state index in [9.17, 15) is 14.7 Å². The van der Waals surface area contributed by atoms with Crippen molar-refractivity contribution in [3.63, 3.8) is 0 Å². The topological polar surface area (TPSA) is 119 Å². The highest BCUT2D eigenvalue weighted by atomic mass is 16.5. The SMILES string of the molecule is COc1cccc(CC(C(=O)Nc2cc(C(=O)O)ccc2C)n2nnnc2C)c1. The molecule has 1 aromatic heterocycles. The third-order valence-corrected chi connectivity index (χ3v) is 4.56. The second kappa shape index (κ2) is 8.51. The van der Waals surface area contributed by atoms with Gasteiger partial charge in [0, 0.05) is 12.1 Å². The first kappa shape index (κ1) is 20.0. The van der Waals surface area contributed by atoms with Crippen molar-refractivity contribution in [2.45, 2.75) is 26.3 Å². The van der Waals surface area contributed by atoms with E-state index >= 15 is 0 Å². The standard InChI is InChI=1S/C20H21N5O4/c1-12-7-8-15(20(27)28)11-17(12)21-19(26)18(25-13(2)22-23-24-25)10-14-5-4-6-16(9-14)29-3/h4-9,11,18H,10H2,1-3H3,(H,21,26)(H,27,28). The lowest BCUT2D eigenvalue weighted by atomic mass is 10.0. The Bertz CT molecular complexity index is 1050. The molecule has 1 unspecified atom stereocenters. The van der Waals surface area contributed by atoms with E-state index in [1.54, 1.807) is 27.0 Å². The molecule has 3 aromatic rings. The quantitative estimate of drug-likeness (QED) is 0.630. The van der Waals surface area contributed by atoms with Crippen LogP contribution in [0.5, 0.6) is 5.75 Å². The molecular weight excluding hydrogens is 374 g/mol. The molecule has 0 spiro atoms. The fraction of sp³-hybridized carbons (Fsp3) is 0.250. The van der Waals surface area contributed by atoms with Crippen LogP contribution in [0.4, 0.5) is 5.69 Å². The number of carboxylic acids is 1. The molecule has 1 heterocycles. The first-order valence-electron chi connectivity index (χ1n) is 8.91. The number of nitrogens with zero attached hydrogens (tertiary/aromatic N) is 4. The van der Waals surface area contributed by atoms with E-state index in [-0.39, 0.29) is 11.5 Å². The molecule has 9 heteroatoms. The number of tetrazole rings is 1. The molecule has 2 aromatic carbocycles. The maximum absolute atomic E-state index is 13.1. The van der Waals surface area contributed by atoms with Crippen molar-refractivity contribution in [2.75, 3.05) is 12.4 Å². The normalized spacial score (nSPS) is 11.7. The second-order valence-corrected chi connectivity index (χ2v) is 6.57. The van der Waals surface area contributed by atoms with Crippen LogP contribution in [0.15, 0.2) is 42.5 Å². The van der Waals surface area contributed by atoms with E-state index in [2.05, 4.69) is 20.8 Å². The van der Waals surface area contributed by atoms with Crippen molar-refractivity contribution < 1.29 is 19.4 Å². The molecule has 1 atom stereocenters. The number of aryl methyl sites for hydroxylation is 2. The van der Waals surface area contributed by atoms with Gasteiger partial charge in [-0.1, -0.05) is 18.2 Å². The summed E-state index contributed by atoms with van der Waals surface area (Å²) in [5.41, 5.74) is 2.14. The van der Waals surface area contributed by atoms with Crippen molar-refractivity contribution in [1.82, 2.24) is 20.2 Å². The third-order valence-electron chi connectivity index (χ3n) is 4.56. The zero-order chi connectivity index (χ0) is 21.0. The number of methoxy groups -OCH3 is 1. The van der Waals surface area contributed by atoms with E-state index in [4.69, 9.17) is 4.74 Å². The maximum Gasteiger partial charge on any atom is 0.335 e. The summed E-state index contributed by atoms with van der Waals surface area (Å²) in [5, 5.41) is 23.5. The van der Waals surface area contributed by atoms with Crippen molar-refractivity contribution in [3.8, 4) is 5.75 Å². The lowest BCUT2D eigenvalue weighted by Crippen LogP contribution is -2.30. The Hall–Kier alpha value is -3.75. The Morgan fingerprint density at radius 2 is 2.00 bits per heavy atom. The Kier molecular flexibility index (Phi) is 5.87. The molecule has 150 valence electrons. The molecule has 9 nitrogen and oxygen atoms in total. The number of hydrogen-bond acceptors (Lipinski definition) is 6. The van der Waals surface area contributed by atoms with Crippen molar-refractivity contribution >= 4 is 17.6 Å². The molecule has 2 N–H and O–H groups in total. The van der Waals surface area contributed by atoms with Crippen LogP contribution in [0, 0.1) is 13.8 Å². The summed E-state index contributed by atoms with van der Waals surface area (Å²) in [6.07, 6.45) is 0.326. The Labute approximate surface area is 167 Å². The highest BCUT2D eigenvalue weighted by Gasteiger charge is 2.25. The van der Waals surface area contributed by atoms with Gasteiger partial charge >= 0.3 is 5.97 Å². The lowest BCUT2D eigenvalue weighted by Gasteiger charge is -2.19. The highest BCUT2D eigenvalue weighted by Crippen LogP contribution is 2.23. The van der Waals surface area contributed by atoms with Crippen LogP contribution in [0.2, 0.25) is 0 Å². The van der Waals surface area contributed by atoms with Gasteiger partial charge in [0.1, 0.15) is 17.6 Å². The number of hydrogen-bond donors (Lipinski definition) is 2.